The first-order chi connectivity index (χ1) is 14.7. The molecule has 0 unspecified atom stereocenters. The van der Waals surface area contributed by atoms with Gasteiger partial charge < -0.3 is 10.6 Å². The molecule has 30 heavy (non-hydrogen) atoms. The summed E-state index contributed by atoms with van der Waals surface area (Å²) in [5.41, 5.74) is 2.10. The van der Waals surface area contributed by atoms with Crippen LogP contribution in [0.1, 0.15) is 31.7 Å². The minimum Gasteiger partial charge on any atom is -0.352 e. The van der Waals surface area contributed by atoms with E-state index in [1.165, 1.54) is 36.2 Å². The fraction of sp³-hybridized carbons (Fsp3) is 0.333. The van der Waals surface area contributed by atoms with Crippen LogP contribution in [0.3, 0.4) is 0 Å². The van der Waals surface area contributed by atoms with Crippen LogP contribution in [0, 0.1) is 0 Å². The molecule has 2 amide bonds. The summed E-state index contributed by atoms with van der Waals surface area (Å²) < 4.78 is 0. The van der Waals surface area contributed by atoms with Crippen molar-refractivity contribution in [2.75, 3.05) is 25.0 Å². The van der Waals surface area contributed by atoms with E-state index in [4.69, 9.17) is 0 Å². The highest BCUT2D eigenvalue weighted by Gasteiger charge is 2.21. The molecule has 5 nitrogen and oxygen atoms in total. The normalized spacial score (nSPS) is 14.5. The van der Waals surface area contributed by atoms with Gasteiger partial charge in [-0.25, -0.2) is 0 Å². The van der Waals surface area contributed by atoms with E-state index in [1.807, 2.05) is 30.3 Å². The first-order valence-corrected chi connectivity index (χ1v) is 11.3. The SMILES string of the molecule is CCCCN(CCCNC(=O)C=C1Sc2ccccc2NC1=O)Cc1ccccc1. The summed E-state index contributed by atoms with van der Waals surface area (Å²) in [5.74, 6) is -0.461. The number of carbonyl (C=O) groups excluding carboxylic acids is 2. The molecule has 3 rings (SSSR count). The summed E-state index contributed by atoms with van der Waals surface area (Å²) in [5, 5.41) is 5.74. The van der Waals surface area contributed by atoms with Crippen molar-refractivity contribution in [2.45, 2.75) is 37.6 Å². The van der Waals surface area contributed by atoms with Gasteiger partial charge in [-0.2, -0.15) is 0 Å². The molecule has 1 heterocycles. The van der Waals surface area contributed by atoms with Crippen molar-refractivity contribution in [1.82, 2.24) is 10.2 Å². The zero-order chi connectivity index (χ0) is 21.2. The second-order valence-electron chi connectivity index (χ2n) is 7.32. The molecule has 6 heteroatoms. The lowest BCUT2D eigenvalue weighted by atomic mass is 10.2. The smallest absolute Gasteiger partial charge is 0.262 e. The number of thioether (sulfide) groups is 1. The standard InChI is InChI=1S/C24H29N3O2S/c1-2-3-15-27(18-19-10-5-4-6-11-19)16-9-14-25-23(28)17-22-24(29)26-20-12-7-8-13-21(20)30-22/h4-8,10-13,17H,2-3,9,14-16,18H2,1H3,(H,25,28)(H,26,29). The molecule has 0 fully saturated rings. The second-order valence-corrected chi connectivity index (χ2v) is 8.40. The molecule has 0 spiro atoms. The van der Waals surface area contributed by atoms with Crippen LogP contribution in [0.2, 0.25) is 0 Å². The molecule has 0 bridgehead atoms. The van der Waals surface area contributed by atoms with Gasteiger partial charge in [0.05, 0.1) is 10.6 Å². The molecular weight excluding hydrogens is 394 g/mol. The first-order valence-electron chi connectivity index (χ1n) is 10.5. The van der Waals surface area contributed by atoms with Crippen molar-refractivity contribution >= 4 is 29.3 Å². The van der Waals surface area contributed by atoms with Crippen LogP contribution >= 0.6 is 11.8 Å². The highest BCUT2D eigenvalue weighted by molar-refractivity contribution is 8.04. The second kappa shape index (κ2) is 11.6. The number of nitrogens with one attached hydrogen (secondary N) is 2. The Morgan fingerprint density at radius 3 is 2.60 bits per heavy atom. The highest BCUT2D eigenvalue weighted by atomic mass is 32.2. The third-order valence-electron chi connectivity index (χ3n) is 4.87. The summed E-state index contributed by atoms with van der Waals surface area (Å²) in [7, 11) is 0. The van der Waals surface area contributed by atoms with E-state index in [9.17, 15) is 9.59 Å². The maximum absolute atomic E-state index is 12.3. The predicted octanol–water partition coefficient (Wildman–Crippen LogP) is 4.42. The number of unbranched alkanes of at least 4 members (excludes halogenated alkanes) is 1. The van der Waals surface area contributed by atoms with Crippen LogP contribution in [0.5, 0.6) is 0 Å². The summed E-state index contributed by atoms with van der Waals surface area (Å²) in [4.78, 5) is 28.3. The van der Waals surface area contributed by atoms with Gasteiger partial charge in [0.15, 0.2) is 0 Å². The van der Waals surface area contributed by atoms with Gasteiger partial charge in [-0.05, 0) is 37.1 Å². The minimum absolute atomic E-state index is 0.227. The minimum atomic E-state index is -0.234. The van der Waals surface area contributed by atoms with Gasteiger partial charge in [0.2, 0.25) is 5.91 Å². The Balaban J connectivity index is 1.46. The van der Waals surface area contributed by atoms with E-state index in [1.54, 1.807) is 0 Å². The van der Waals surface area contributed by atoms with Gasteiger partial charge in [-0.3, -0.25) is 14.5 Å². The molecule has 0 radical (unpaired) electrons. The molecule has 2 N–H and O–H groups in total. The summed E-state index contributed by atoms with van der Waals surface area (Å²) >= 11 is 1.33. The zero-order valence-electron chi connectivity index (χ0n) is 17.4. The number of hydrogen-bond acceptors (Lipinski definition) is 4. The van der Waals surface area contributed by atoms with Gasteiger partial charge in [0.25, 0.3) is 5.91 Å². The van der Waals surface area contributed by atoms with Crippen LogP contribution in [-0.4, -0.2) is 36.3 Å². The molecule has 2 aromatic carbocycles. The molecule has 0 atom stereocenters. The fourth-order valence-electron chi connectivity index (χ4n) is 3.28. The Bertz CT molecular complexity index is 883. The third kappa shape index (κ3) is 6.75. The molecule has 0 aromatic heterocycles. The van der Waals surface area contributed by atoms with Crippen LogP contribution in [0.4, 0.5) is 5.69 Å². The first kappa shape index (κ1) is 22.1. The lowest BCUT2D eigenvalue weighted by Gasteiger charge is -2.22. The highest BCUT2D eigenvalue weighted by Crippen LogP contribution is 2.37. The van der Waals surface area contributed by atoms with Gasteiger partial charge >= 0.3 is 0 Å². The van der Waals surface area contributed by atoms with Gasteiger partial charge in [-0.15, -0.1) is 0 Å². The lowest BCUT2D eigenvalue weighted by Crippen LogP contribution is -2.30. The van der Waals surface area contributed by atoms with E-state index < -0.39 is 0 Å². The predicted molar refractivity (Wildman–Crippen MR) is 123 cm³/mol. The molecule has 2 aromatic rings. The molecule has 0 saturated carbocycles. The van der Waals surface area contributed by atoms with E-state index in [0.717, 1.165) is 36.6 Å². The quantitative estimate of drug-likeness (QED) is 0.439. The van der Waals surface area contributed by atoms with Crippen LogP contribution in [0.15, 0.2) is 70.5 Å². The van der Waals surface area contributed by atoms with Crippen molar-refractivity contribution in [3.05, 3.63) is 71.1 Å². The van der Waals surface area contributed by atoms with E-state index >= 15 is 0 Å². The summed E-state index contributed by atoms with van der Waals surface area (Å²) in [6.07, 6.45) is 4.60. The lowest BCUT2D eigenvalue weighted by molar-refractivity contribution is -0.117. The van der Waals surface area contributed by atoms with Crippen molar-refractivity contribution in [1.29, 1.82) is 0 Å². The number of rotatable bonds is 10. The average molecular weight is 424 g/mol. The third-order valence-corrected chi connectivity index (χ3v) is 5.97. The molecule has 0 saturated heterocycles. The monoisotopic (exact) mass is 423 g/mol. The number of carbonyl (C=O) groups is 2. The number of para-hydroxylation sites is 1. The van der Waals surface area contributed by atoms with E-state index in [2.05, 4.69) is 46.7 Å². The maximum atomic E-state index is 12.3. The number of nitrogens with zero attached hydrogens (tertiary/aromatic N) is 1. The van der Waals surface area contributed by atoms with Gasteiger partial charge in [0.1, 0.15) is 0 Å². The van der Waals surface area contributed by atoms with Crippen molar-refractivity contribution in [3.63, 3.8) is 0 Å². The van der Waals surface area contributed by atoms with Crippen LogP contribution in [0.25, 0.3) is 0 Å². The van der Waals surface area contributed by atoms with E-state index in [0.29, 0.717) is 11.4 Å². The Morgan fingerprint density at radius 2 is 1.80 bits per heavy atom. The number of fused-ring (bicyclic) bond motifs is 1. The zero-order valence-corrected chi connectivity index (χ0v) is 18.2. The molecule has 158 valence electrons. The molecule has 1 aliphatic rings. The van der Waals surface area contributed by atoms with E-state index in [-0.39, 0.29) is 11.8 Å². The Labute approximate surface area is 182 Å². The number of hydrogen-bond donors (Lipinski definition) is 2. The topological polar surface area (TPSA) is 61.4 Å². The molecule has 0 aliphatic carbocycles. The van der Waals surface area contributed by atoms with Crippen molar-refractivity contribution in [2.24, 2.45) is 0 Å². The number of benzene rings is 2. The molecule has 1 aliphatic heterocycles. The summed E-state index contributed by atoms with van der Waals surface area (Å²) in [6, 6.07) is 18.1. The van der Waals surface area contributed by atoms with Crippen LogP contribution < -0.4 is 10.6 Å². The Kier molecular flexibility index (Phi) is 8.53. The summed E-state index contributed by atoms with van der Waals surface area (Å²) in [6.45, 7) is 5.69. The maximum Gasteiger partial charge on any atom is 0.262 e. The Morgan fingerprint density at radius 1 is 1.07 bits per heavy atom. The van der Waals surface area contributed by atoms with Gasteiger partial charge in [-0.1, -0.05) is 67.6 Å². The average Bonchev–Trinajstić information content (AvgIpc) is 2.76. The van der Waals surface area contributed by atoms with Crippen LogP contribution in [-0.2, 0) is 16.1 Å². The molecular formula is C24H29N3O2S. The fourth-order valence-corrected chi connectivity index (χ4v) is 4.20. The Hall–Kier alpha value is -2.57. The van der Waals surface area contributed by atoms with Gasteiger partial charge in [0, 0.05) is 30.6 Å². The van der Waals surface area contributed by atoms with Crippen molar-refractivity contribution in [3.8, 4) is 0 Å². The number of amides is 2. The largest absolute Gasteiger partial charge is 0.352 e. The number of anilines is 1. The van der Waals surface area contributed by atoms with Crippen molar-refractivity contribution < 1.29 is 9.59 Å².